The van der Waals surface area contributed by atoms with Crippen molar-refractivity contribution in [2.24, 2.45) is 0 Å². The molecule has 0 radical (unpaired) electrons. The highest BCUT2D eigenvalue weighted by Crippen LogP contribution is 2.16. The Morgan fingerprint density at radius 2 is 1.48 bits per heavy atom. The summed E-state index contributed by atoms with van der Waals surface area (Å²) in [6.45, 7) is 6.10. The molecule has 0 saturated carbocycles. The highest BCUT2D eigenvalue weighted by Gasteiger charge is 2.26. The zero-order valence-corrected chi connectivity index (χ0v) is 13.9. The second-order valence-corrected chi connectivity index (χ2v) is 6.29. The van der Waals surface area contributed by atoms with Crippen LogP contribution in [0.15, 0.2) is 60.7 Å². The second kappa shape index (κ2) is 8.25. The van der Waals surface area contributed by atoms with E-state index in [0.29, 0.717) is 6.04 Å². The predicted octanol–water partition coefficient (Wildman–Crippen LogP) is 3.02. The Balaban J connectivity index is 1.61. The summed E-state index contributed by atoms with van der Waals surface area (Å²) in [5, 5.41) is 0. The molecule has 0 aliphatic carbocycles. The number of rotatable bonds is 6. The molecule has 1 heterocycles. The Hall–Kier alpha value is -1.68. The van der Waals surface area contributed by atoms with E-state index in [0.717, 1.165) is 39.3 Å². The second-order valence-electron chi connectivity index (χ2n) is 6.29. The number of hydrogen-bond donors (Lipinski definition) is 0. The molecule has 0 spiro atoms. The molecular formula is C20H26N2O. The lowest BCUT2D eigenvalue weighted by molar-refractivity contribution is 0.0178. The van der Waals surface area contributed by atoms with Gasteiger partial charge < -0.3 is 4.74 Å². The van der Waals surface area contributed by atoms with Gasteiger partial charge in [-0.25, -0.2) is 0 Å². The molecule has 0 amide bonds. The minimum absolute atomic E-state index is 0.456. The van der Waals surface area contributed by atoms with E-state index >= 15 is 0 Å². The molecular weight excluding hydrogens is 284 g/mol. The van der Waals surface area contributed by atoms with Crippen LogP contribution in [0.2, 0.25) is 0 Å². The van der Waals surface area contributed by atoms with Gasteiger partial charge in [-0.05, 0) is 11.1 Å². The summed E-state index contributed by atoms with van der Waals surface area (Å²) in [6.07, 6.45) is 0. The molecule has 2 aromatic carbocycles. The summed E-state index contributed by atoms with van der Waals surface area (Å²) < 4.78 is 5.48. The average Bonchev–Trinajstić information content (AvgIpc) is 2.59. The Labute approximate surface area is 139 Å². The third-order valence-electron chi connectivity index (χ3n) is 4.53. The minimum Gasteiger partial charge on any atom is -0.383 e. The SMILES string of the molecule is COC[C@H]1CN(Cc2ccccc2)CCN1Cc1ccccc1. The summed E-state index contributed by atoms with van der Waals surface area (Å²) in [5.41, 5.74) is 2.77. The van der Waals surface area contributed by atoms with Crippen molar-refractivity contribution >= 4 is 0 Å². The van der Waals surface area contributed by atoms with Crippen LogP contribution < -0.4 is 0 Å². The molecule has 0 aromatic heterocycles. The van der Waals surface area contributed by atoms with Crippen molar-refractivity contribution in [3.05, 3.63) is 71.8 Å². The molecule has 23 heavy (non-hydrogen) atoms. The van der Waals surface area contributed by atoms with Crippen LogP contribution >= 0.6 is 0 Å². The van der Waals surface area contributed by atoms with Crippen LogP contribution in [0.5, 0.6) is 0 Å². The average molecular weight is 310 g/mol. The number of hydrogen-bond acceptors (Lipinski definition) is 3. The van der Waals surface area contributed by atoms with Crippen LogP contribution in [0.25, 0.3) is 0 Å². The monoisotopic (exact) mass is 310 g/mol. The normalized spacial score (nSPS) is 19.8. The van der Waals surface area contributed by atoms with Crippen molar-refractivity contribution < 1.29 is 4.74 Å². The van der Waals surface area contributed by atoms with Crippen molar-refractivity contribution in [1.82, 2.24) is 9.80 Å². The van der Waals surface area contributed by atoms with Gasteiger partial charge in [0.25, 0.3) is 0 Å². The van der Waals surface area contributed by atoms with Gasteiger partial charge in [0.05, 0.1) is 6.61 Å². The van der Waals surface area contributed by atoms with E-state index in [1.807, 2.05) is 0 Å². The molecule has 1 saturated heterocycles. The van der Waals surface area contributed by atoms with Gasteiger partial charge in [-0.2, -0.15) is 0 Å². The van der Waals surface area contributed by atoms with Gasteiger partial charge >= 0.3 is 0 Å². The van der Waals surface area contributed by atoms with E-state index in [1.165, 1.54) is 11.1 Å². The molecule has 3 heteroatoms. The van der Waals surface area contributed by atoms with Gasteiger partial charge in [-0.1, -0.05) is 60.7 Å². The van der Waals surface area contributed by atoms with Crippen molar-refractivity contribution in [3.8, 4) is 0 Å². The van der Waals surface area contributed by atoms with Crippen molar-refractivity contribution in [2.75, 3.05) is 33.4 Å². The fraction of sp³-hybridized carbons (Fsp3) is 0.400. The maximum absolute atomic E-state index is 5.48. The standard InChI is InChI=1S/C20H26N2O/c1-23-17-20-16-21(14-18-8-4-2-5-9-18)12-13-22(20)15-19-10-6-3-7-11-19/h2-11,20H,12-17H2,1H3/t20-/m1/s1. The molecule has 0 bridgehead atoms. The number of nitrogens with zero attached hydrogens (tertiary/aromatic N) is 2. The van der Waals surface area contributed by atoms with Gasteiger partial charge in [0.2, 0.25) is 0 Å². The first kappa shape index (κ1) is 16.2. The van der Waals surface area contributed by atoms with Crippen molar-refractivity contribution in [1.29, 1.82) is 0 Å². The van der Waals surface area contributed by atoms with Gasteiger partial charge in [0, 0.05) is 45.9 Å². The largest absolute Gasteiger partial charge is 0.383 e. The summed E-state index contributed by atoms with van der Waals surface area (Å²) in [5.74, 6) is 0. The number of ether oxygens (including phenoxy) is 1. The first-order valence-corrected chi connectivity index (χ1v) is 8.38. The molecule has 3 nitrogen and oxygen atoms in total. The molecule has 0 unspecified atom stereocenters. The summed E-state index contributed by atoms with van der Waals surface area (Å²) in [7, 11) is 1.80. The maximum Gasteiger partial charge on any atom is 0.0630 e. The smallest absolute Gasteiger partial charge is 0.0630 e. The highest BCUT2D eigenvalue weighted by molar-refractivity contribution is 5.16. The van der Waals surface area contributed by atoms with E-state index in [9.17, 15) is 0 Å². The Kier molecular flexibility index (Phi) is 5.81. The maximum atomic E-state index is 5.48. The van der Waals surface area contributed by atoms with Gasteiger partial charge in [0.1, 0.15) is 0 Å². The molecule has 122 valence electrons. The first-order valence-electron chi connectivity index (χ1n) is 8.38. The summed E-state index contributed by atoms with van der Waals surface area (Å²) in [6, 6.07) is 21.9. The fourth-order valence-corrected chi connectivity index (χ4v) is 3.32. The lowest BCUT2D eigenvalue weighted by Gasteiger charge is -2.41. The lowest BCUT2D eigenvalue weighted by atomic mass is 10.1. The molecule has 1 aliphatic heterocycles. The Bertz CT molecular complexity index is 573. The van der Waals surface area contributed by atoms with Gasteiger partial charge in [-0.15, -0.1) is 0 Å². The van der Waals surface area contributed by atoms with Gasteiger partial charge in [-0.3, -0.25) is 9.80 Å². The number of piperazine rings is 1. The first-order chi connectivity index (χ1) is 11.3. The van der Waals surface area contributed by atoms with Crippen LogP contribution in [-0.2, 0) is 17.8 Å². The molecule has 1 fully saturated rings. The van der Waals surface area contributed by atoms with Crippen LogP contribution in [0.4, 0.5) is 0 Å². The van der Waals surface area contributed by atoms with Crippen molar-refractivity contribution in [2.45, 2.75) is 19.1 Å². The predicted molar refractivity (Wildman–Crippen MR) is 94.2 cm³/mol. The molecule has 3 rings (SSSR count). The van der Waals surface area contributed by atoms with Crippen LogP contribution in [0.1, 0.15) is 11.1 Å². The van der Waals surface area contributed by atoms with E-state index in [-0.39, 0.29) is 0 Å². The van der Waals surface area contributed by atoms with Crippen LogP contribution in [0, 0.1) is 0 Å². The molecule has 2 aromatic rings. The fourth-order valence-electron chi connectivity index (χ4n) is 3.32. The van der Waals surface area contributed by atoms with E-state index < -0.39 is 0 Å². The molecule has 0 N–H and O–H groups in total. The highest BCUT2D eigenvalue weighted by atomic mass is 16.5. The number of benzene rings is 2. The Morgan fingerprint density at radius 1 is 0.870 bits per heavy atom. The molecule has 1 aliphatic rings. The number of methoxy groups -OCH3 is 1. The van der Waals surface area contributed by atoms with E-state index in [2.05, 4.69) is 70.5 Å². The van der Waals surface area contributed by atoms with Crippen LogP contribution in [0.3, 0.4) is 0 Å². The van der Waals surface area contributed by atoms with E-state index in [4.69, 9.17) is 4.74 Å². The van der Waals surface area contributed by atoms with Crippen molar-refractivity contribution in [3.63, 3.8) is 0 Å². The molecule has 1 atom stereocenters. The van der Waals surface area contributed by atoms with E-state index in [1.54, 1.807) is 7.11 Å². The third-order valence-corrected chi connectivity index (χ3v) is 4.53. The Morgan fingerprint density at radius 3 is 2.09 bits per heavy atom. The van der Waals surface area contributed by atoms with Gasteiger partial charge in [0.15, 0.2) is 0 Å². The topological polar surface area (TPSA) is 15.7 Å². The quantitative estimate of drug-likeness (QED) is 0.816. The third kappa shape index (κ3) is 4.64. The zero-order valence-electron chi connectivity index (χ0n) is 13.9. The summed E-state index contributed by atoms with van der Waals surface area (Å²) in [4.78, 5) is 5.10. The zero-order chi connectivity index (χ0) is 15.9. The minimum atomic E-state index is 0.456. The van der Waals surface area contributed by atoms with Crippen LogP contribution in [-0.4, -0.2) is 49.2 Å². The lowest BCUT2D eigenvalue weighted by Crippen LogP contribution is -2.54. The summed E-state index contributed by atoms with van der Waals surface area (Å²) >= 11 is 0.